The van der Waals surface area contributed by atoms with Gasteiger partial charge in [-0.25, -0.2) is 4.98 Å². The second-order valence-electron chi connectivity index (χ2n) is 3.12. The third-order valence-electron chi connectivity index (χ3n) is 1.63. The first-order valence-corrected chi connectivity index (χ1v) is 3.96. The zero-order valence-corrected chi connectivity index (χ0v) is 8.03. The molecule has 0 aromatic carbocycles. The van der Waals surface area contributed by atoms with Gasteiger partial charge >= 0.3 is 0 Å². The van der Waals surface area contributed by atoms with Gasteiger partial charge < -0.3 is 10.6 Å². The first kappa shape index (κ1) is 12.4. The molecule has 1 aromatic rings. The van der Waals surface area contributed by atoms with E-state index in [2.05, 4.69) is 4.98 Å². The molecule has 1 aromatic heterocycles. The Balaban J connectivity index is 0.00000169. The van der Waals surface area contributed by atoms with E-state index in [4.69, 9.17) is 5.73 Å². The zero-order chi connectivity index (χ0) is 10.0. The van der Waals surface area contributed by atoms with E-state index in [9.17, 15) is 4.79 Å². The predicted octanol–water partition coefficient (Wildman–Crippen LogP) is 1.31. The molecule has 0 radical (unpaired) electrons. The maximum Gasteiger partial charge on any atom is 0.253 e. The number of nitrogens with two attached hydrogens (primary N) is 1. The van der Waals surface area contributed by atoms with E-state index in [1.165, 1.54) is 4.90 Å². The smallest absolute Gasteiger partial charge is 0.253 e. The highest BCUT2D eigenvalue weighted by molar-refractivity contribution is 5.94. The number of pyridine rings is 1. The van der Waals surface area contributed by atoms with E-state index in [-0.39, 0.29) is 13.3 Å². The normalized spacial score (nSPS) is 9.07. The number of aromatic nitrogens is 1. The Morgan fingerprint density at radius 3 is 2.43 bits per heavy atom. The second kappa shape index (κ2) is 4.60. The van der Waals surface area contributed by atoms with Crippen LogP contribution in [0.2, 0.25) is 0 Å². The lowest BCUT2D eigenvalue weighted by Gasteiger charge is -2.10. The van der Waals surface area contributed by atoms with Crippen molar-refractivity contribution in [1.29, 1.82) is 0 Å². The van der Waals surface area contributed by atoms with E-state index < -0.39 is 0 Å². The number of carbonyl (C=O) groups is 1. The third-order valence-corrected chi connectivity index (χ3v) is 1.63. The minimum atomic E-state index is -0.0581. The van der Waals surface area contributed by atoms with Crippen molar-refractivity contribution in [2.45, 2.75) is 14.4 Å². The summed E-state index contributed by atoms with van der Waals surface area (Å²) >= 11 is 0. The standard InChI is InChI=1S/C9H13N3O.CH4/c1-6-4-7(5-8(10)11-6)9(13)12(2)3;/h4-5H,1-3H3,(H2,10,11);1H4. The Hall–Kier alpha value is -1.58. The monoisotopic (exact) mass is 195 g/mol. The van der Waals surface area contributed by atoms with Crippen molar-refractivity contribution >= 4 is 11.7 Å². The largest absolute Gasteiger partial charge is 0.384 e. The van der Waals surface area contributed by atoms with E-state index in [0.717, 1.165) is 5.69 Å². The molecule has 0 saturated carbocycles. The lowest BCUT2D eigenvalue weighted by atomic mass is 10.2. The molecule has 1 rings (SSSR count). The van der Waals surface area contributed by atoms with Crippen LogP contribution >= 0.6 is 0 Å². The molecule has 0 aliphatic heterocycles. The Morgan fingerprint density at radius 1 is 1.43 bits per heavy atom. The van der Waals surface area contributed by atoms with Crippen molar-refractivity contribution in [3.05, 3.63) is 23.4 Å². The number of nitrogens with zero attached hydrogens (tertiary/aromatic N) is 2. The summed E-state index contributed by atoms with van der Waals surface area (Å²) in [6.45, 7) is 1.81. The Bertz CT molecular complexity index is 314. The summed E-state index contributed by atoms with van der Waals surface area (Å²) in [4.78, 5) is 17.0. The number of hydrogen-bond donors (Lipinski definition) is 1. The van der Waals surface area contributed by atoms with Gasteiger partial charge in [-0.05, 0) is 19.1 Å². The predicted molar refractivity (Wildman–Crippen MR) is 58.1 cm³/mol. The van der Waals surface area contributed by atoms with Crippen molar-refractivity contribution in [2.75, 3.05) is 19.8 Å². The fraction of sp³-hybridized carbons (Fsp3) is 0.400. The summed E-state index contributed by atoms with van der Waals surface area (Å²) in [7, 11) is 3.41. The topological polar surface area (TPSA) is 59.2 Å². The fourth-order valence-corrected chi connectivity index (χ4v) is 1.08. The molecule has 1 heterocycles. The van der Waals surface area contributed by atoms with E-state index in [0.29, 0.717) is 11.4 Å². The Kier molecular flexibility index (Phi) is 4.08. The molecule has 0 atom stereocenters. The molecular weight excluding hydrogens is 178 g/mol. The van der Waals surface area contributed by atoms with Gasteiger partial charge in [0.15, 0.2) is 0 Å². The van der Waals surface area contributed by atoms with Crippen molar-refractivity contribution in [2.24, 2.45) is 0 Å². The lowest BCUT2D eigenvalue weighted by Crippen LogP contribution is -2.22. The van der Waals surface area contributed by atoms with Gasteiger partial charge in [0.1, 0.15) is 5.82 Å². The van der Waals surface area contributed by atoms with Gasteiger partial charge in [-0.3, -0.25) is 4.79 Å². The highest BCUT2D eigenvalue weighted by atomic mass is 16.2. The van der Waals surface area contributed by atoms with Crippen LogP contribution in [0.4, 0.5) is 5.82 Å². The Labute approximate surface area is 84.7 Å². The van der Waals surface area contributed by atoms with Crippen LogP contribution in [-0.2, 0) is 0 Å². The molecule has 1 amide bonds. The second-order valence-corrected chi connectivity index (χ2v) is 3.12. The maximum absolute atomic E-state index is 11.5. The van der Waals surface area contributed by atoms with Crippen molar-refractivity contribution < 1.29 is 4.79 Å². The number of carbonyl (C=O) groups excluding carboxylic acids is 1. The van der Waals surface area contributed by atoms with Gasteiger partial charge in [0.2, 0.25) is 0 Å². The van der Waals surface area contributed by atoms with Crippen LogP contribution in [0.1, 0.15) is 23.5 Å². The molecule has 0 saturated heterocycles. The summed E-state index contributed by atoms with van der Waals surface area (Å²) in [5.41, 5.74) is 6.85. The van der Waals surface area contributed by atoms with Gasteiger partial charge in [0.25, 0.3) is 5.91 Å². The van der Waals surface area contributed by atoms with Crippen molar-refractivity contribution in [3.63, 3.8) is 0 Å². The van der Waals surface area contributed by atoms with Gasteiger partial charge in [-0.15, -0.1) is 0 Å². The molecule has 0 aliphatic carbocycles. The first-order valence-electron chi connectivity index (χ1n) is 3.96. The molecular formula is C10H17N3O. The number of anilines is 1. The molecule has 14 heavy (non-hydrogen) atoms. The minimum Gasteiger partial charge on any atom is -0.384 e. The molecule has 0 spiro atoms. The van der Waals surface area contributed by atoms with Crippen LogP contribution < -0.4 is 5.73 Å². The zero-order valence-electron chi connectivity index (χ0n) is 8.03. The summed E-state index contributed by atoms with van der Waals surface area (Å²) in [5, 5.41) is 0. The fourth-order valence-electron chi connectivity index (χ4n) is 1.08. The van der Waals surface area contributed by atoms with E-state index in [1.54, 1.807) is 26.2 Å². The first-order chi connectivity index (χ1) is 6.00. The highest BCUT2D eigenvalue weighted by Crippen LogP contribution is 2.08. The number of rotatable bonds is 1. The summed E-state index contributed by atoms with van der Waals surface area (Å²) < 4.78 is 0. The molecule has 4 nitrogen and oxygen atoms in total. The van der Waals surface area contributed by atoms with Crippen LogP contribution in [0.25, 0.3) is 0 Å². The molecule has 78 valence electrons. The summed E-state index contributed by atoms with van der Waals surface area (Å²) in [6.07, 6.45) is 0. The lowest BCUT2D eigenvalue weighted by molar-refractivity contribution is 0.0827. The van der Waals surface area contributed by atoms with Gasteiger partial charge in [-0.1, -0.05) is 7.43 Å². The van der Waals surface area contributed by atoms with E-state index in [1.807, 2.05) is 6.92 Å². The quantitative estimate of drug-likeness (QED) is 0.735. The van der Waals surface area contributed by atoms with Crippen LogP contribution in [0.15, 0.2) is 12.1 Å². The van der Waals surface area contributed by atoms with Crippen LogP contribution in [0.3, 0.4) is 0 Å². The molecule has 0 fully saturated rings. The molecule has 0 aliphatic rings. The molecule has 0 unspecified atom stereocenters. The third kappa shape index (κ3) is 2.73. The average molecular weight is 195 g/mol. The van der Waals surface area contributed by atoms with Gasteiger partial charge in [-0.2, -0.15) is 0 Å². The van der Waals surface area contributed by atoms with Crippen molar-refractivity contribution in [3.8, 4) is 0 Å². The molecule has 2 N–H and O–H groups in total. The molecule has 4 heteroatoms. The average Bonchev–Trinajstić information content (AvgIpc) is 2.01. The van der Waals surface area contributed by atoms with Gasteiger partial charge in [0.05, 0.1) is 0 Å². The maximum atomic E-state index is 11.5. The van der Waals surface area contributed by atoms with Crippen molar-refractivity contribution in [1.82, 2.24) is 9.88 Å². The number of aryl methyl sites for hydroxylation is 1. The van der Waals surface area contributed by atoms with E-state index >= 15 is 0 Å². The highest BCUT2D eigenvalue weighted by Gasteiger charge is 2.08. The minimum absolute atomic E-state index is 0. The number of nitrogen functional groups attached to an aromatic ring is 1. The Morgan fingerprint density at radius 2 is 2.00 bits per heavy atom. The summed E-state index contributed by atoms with van der Waals surface area (Å²) in [6, 6.07) is 3.30. The van der Waals surface area contributed by atoms with Crippen LogP contribution in [0.5, 0.6) is 0 Å². The van der Waals surface area contributed by atoms with Crippen LogP contribution in [0, 0.1) is 6.92 Å². The van der Waals surface area contributed by atoms with Gasteiger partial charge in [0, 0.05) is 25.4 Å². The van der Waals surface area contributed by atoms with Crippen LogP contribution in [-0.4, -0.2) is 29.9 Å². The number of amides is 1. The summed E-state index contributed by atoms with van der Waals surface area (Å²) in [5.74, 6) is 0.322. The number of hydrogen-bond acceptors (Lipinski definition) is 3. The molecule has 0 bridgehead atoms. The SMILES string of the molecule is C.Cc1cc(C(=O)N(C)C)cc(N)n1.